The quantitative estimate of drug-likeness (QED) is 0.688. The van der Waals surface area contributed by atoms with E-state index in [2.05, 4.69) is 0 Å². The number of anilines is 1. The van der Waals surface area contributed by atoms with Crippen molar-refractivity contribution in [1.29, 1.82) is 0 Å². The summed E-state index contributed by atoms with van der Waals surface area (Å²) in [6, 6.07) is 12.3. The van der Waals surface area contributed by atoms with Gasteiger partial charge < -0.3 is 9.84 Å². The molecule has 0 bridgehead atoms. The number of carbonyl (C=O) groups excluding carboxylic acids is 2. The van der Waals surface area contributed by atoms with Crippen LogP contribution in [0.1, 0.15) is 30.0 Å². The van der Waals surface area contributed by atoms with E-state index in [0.29, 0.717) is 28.3 Å². The lowest BCUT2D eigenvalue weighted by atomic mass is 10.1. The van der Waals surface area contributed by atoms with Gasteiger partial charge in [0.1, 0.15) is 5.75 Å². The first-order chi connectivity index (χ1) is 13.8. The van der Waals surface area contributed by atoms with Crippen molar-refractivity contribution in [3.05, 3.63) is 64.1 Å². The van der Waals surface area contributed by atoms with Crippen molar-refractivity contribution in [3.63, 3.8) is 0 Å². The van der Waals surface area contributed by atoms with Crippen LogP contribution in [0.25, 0.3) is 6.08 Å². The molecule has 1 atom stereocenters. The Hall–Kier alpha value is -3.06. The summed E-state index contributed by atoms with van der Waals surface area (Å²) in [5.41, 5.74) is 3.11. The van der Waals surface area contributed by atoms with Crippen LogP contribution in [0.15, 0.2) is 47.4 Å². The number of thioether (sulfide) groups is 1. The van der Waals surface area contributed by atoms with Crippen LogP contribution in [0.5, 0.6) is 5.75 Å². The Morgan fingerprint density at radius 2 is 1.93 bits per heavy atom. The minimum absolute atomic E-state index is 0.304. The molecule has 29 heavy (non-hydrogen) atoms. The number of carboxylic acids is 1. The maximum Gasteiger partial charge on any atom is 0.344 e. The molecule has 1 heterocycles. The summed E-state index contributed by atoms with van der Waals surface area (Å²) in [6.45, 7) is 5.54. The van der Waals surface area contributed by atoms with Crippen LogP contribution in [-0.2, 0) is 9.59 Å². The fourth-order valence-electron chi connectivity index (χ4n) is 2.95. The minimum Gasteiger partial charge on any atom is -0.479 e. The first-order valence-electron chi connectivity index (χ1n) is 9.15. The summed E-state index contributed by atoms with van der Waals surface area (Å²) in [7, 11) is 0. The van der Waals surface area contributed by atoms with Gasteiger partial charge in [0.15, 0.2) is 6.10 Å². The lowest BCUT2D eigenvalue weighted by Crippen LogP contribution is -2.28. The zero-order chi connectivity index (χ0) is 21.1. The molecule has 150 valence electrons. The van der Waals surface area contributed by atoms with Crippen LogP contribution >= 0.6 is 11.8 Å². The number of rotatable bonds is 6. The number of aliphatic carboxylic acids is 1. The molecule has 1 saturated heterocycles. The average Bonchev–Trinajstić information content (AvgIpc) is 2.95. The van der Waals surface area contributed by atoms with Gasteiger partial charge in [-0.25, -0.2) is 9.69 Å². The molecule has 1 unspecified atom stereocenters. The highest BCUT2D eigenvalue weighted by atomic mass is 32.2. The average molecular weight is 411 g/mol. The monoisotopic (exact) mass is 411 g/mol. The molecular weight excluding hydrogens is 390 g/mol. The Morgan fingerprint density at radius 1 is 1.21 bits per heavy atom. The van der Waals surface area contributed by atoms with Gasteiger partial charge in [-0.2, -0.15) is 0 Å². The van der Waals surface area contributed by atoms with Gasteiger partial charge in [0.25, 0.3) is 11.1 Å². The summed E-state index contributed by atoms with van der Waals surface area (Å²) < 4.78 is 5.50. The van der Waals surface area contributed by atoms with E-state index < -0.39 is 12.1 Å². The molecule has 2 aromatic carbocycles. The Balaban J connectivity index is 1.87. The number of carboxylic acid groups (broad SMARTS) is 1. The number of imide groups is 1. The molecule has 1 aliphatic rings. The van der Waals surface area contributed by atoms with E-state index in [4.69, 9.17) is 9.84 Å². The zero-order valence-corrected chi connectivity index (χ0v) is 17.2. The summed E-state index contributed by atoms with van der Waals surface area (Å²) in [5, 5.41) is 8.80. The van der Waals surface area contributed by atoms with Crippen LogP contribution in [0.3, 0.4) is 0 Å². The predicted octanol–water partition coefficient (Wildman–Crippen LogP) is 4.79. The highest BCUT2D eigenvalue weighted by Gasteiger charge is 2.37. The lowest BCUT2D eigenvalue weighted by molar-refractivity contribution is -0.145. The van der Waals surface area contributed by atoms with E-state index in [1.54, 1.807) is 43.3 Å². The summed E-state index contributed by atoms with van der Waals surface area (Å²) in [5.74, 6) is -1.02. The van der Waals surface area contributed by atoms with Crippen molar-refractivity contribution in [1.82, 2.24) is 0 Å². The fraction of sp³-hybridized carbons (Fsp3) is 0.227. The van der Waals surface area contributed by atoms with E-state index >= 15 is 0 Å². The molecule has 0 aliphatic carbocycles. The van der Waals surface area contributed by atoms with Crippen LogP contribution < -0.4 is 9.64 Å². The molecule has 1 aliphatic heterocycles. The fourth-order valence-corrected chi connectivity index (χ4v) is 3.79. The normalized spacial score (nSPS) is 16.4. The number of aryl methyl sites for hydroxylation is 1. The first kappa shape index (κ1) is 20.7. The van der Waals surface area contributed by atoms with E-state index in [9.17, 15) is 14.4 Å². The number of hydrogen-bond acceptors (Lipinski definition) is 5. The van der Waals surface area contributed by atoms with Crippen molar-refractivity contribution in [2.45, 2.75) is 33.3 Å². The second-order valence-electron chi connectivity index (χ2n) is 6.66. The molecule has 1 fully saturated rings. The first-order valence-corrected chi connectivity index (χ1v) is 9.97. The smallest absolute Gasteiger partial charge is 0.344 e. The summed E-state index contributed by atoms with van der Waals surface area (Å²) >= 11 is 0.879. The number of amides is 2. The van der Waals surface area contributed by atoms with Crippen molar-refractivity contribution >= 4 is 40.6 Å². The highest BCUT2D eigenvalue weighted by Crippen LogP contribution is 2.37. The molecule has 2 amide bonds. The van der Waals surface area contributed by atoms with Crippen LogP contribution in [-0.4, -0.2) is 28.3 Å². The lowest BCUT2D eigenvalue weighted by Gasteiger charge is -2.16. The van der Waals surface area contributed by atoms with E-state index in [0.717, 1.165) is 22.9 Å². The molecule has 0 radical (unpaired) electrons. The van der Waals surface area contributed by atoms with Gasteiger partial charge in [0, 0.05) is 0 Å². The third kappa shape index (κ3) is 4.35. The third-order valence-corrected chi connectivity index (χ3v) is 5.56. The van der Waals surface area contributed by atoms with Gasteiger partial charge in [0.05, 0.1) is 10.6 Å². The molecule has 7 heteroatoms. The Kier molecular flexibility index (Phi) is 6.08. The molecular formula is C22H21NO5S. The molecule has 3 rings (SSSR count). The van der Waals surface area contributed by atoms with Crippen molar-refractivity contribution < 1.29 is 24.2 Å². The summed E-state index contributed by atoms with van der Waals surface area (Å²) in [4.78, 5) is 38.1. The van der Waals surface area contributed by atoms with Crippen LogP contribution in [0, 0.1) is 13.8 Å². The molecule has 2 aromatic rings. The third-order valence-electron chi connectivity index (χ3n) is 4.69. The van der Waals surface area contributed by atoms with Gasteiger partial charge >= 0.3 is 5.97 Å². The predicted molar refractivity (Wildman–Crippen MR) is 113 cm³/mol. The van der Waals surface area contributed by atoms with E-state index in [-0.39, 0.29) is 11.1 Å². The maximum absolute atomic E-state index is 12.9. The molecule has 1 N–H and O–H groups in total. The SMILES string of the molecule is CCC(Oc1cccc(/C=C2/SC(=O)N(c3cccc(C)c3C)C2=O)c1)C(=O)O. The van der Waals surface area contributed by atoms with Gasteiger partial charge in [-0.1, -0.05) is 31.2 Å². The van der Waals surface area contributed by atoms with Crippen molar-refractivity contribution in [3.8, 4) is 5.75 Å². The topological polar surface area (TPSA) is 83.9 Å². The Labute approximate surface area is 173 Å². The van der Waals surface area contributed by atoms with Gasteiger partial charge in [0.2, 0.25) is 0 Å². The number of benzene rings is 2. The summed E-state index contributed by atoms with van der Waals surface area (Å²) in [6.07, 6.45) is 1.00. The molecule has 0 saturated carbocycles. The van der Waals surface area contributed by atoms with Gasteiger partial charge in [-0.15, -0.1) is 0 Å². The zero-order valence-electron chi connectivity index (χ0n) is 16.3. The number of hydrogen-bond donors (Lipinski definition) is 1. The maximum atomic E-state index is 12.9. The molecule has 0 aromatic heterocycles. The molecule has 6 nitrogen and oxygen atoms in total. The van der Waals surface area contributed by atoms with E-state index in [1.165, 1.54) is 4.90 Å². The number of carbonyl (C=O) groups is 3. The Bertz CT molecular complexity index is 1010. The second kappa shape index (κ2) is 8.53. The van der Waals surface area contributed by atoms with Crippen molar-refractivity contribution in [2.75, 3.05) is 4.90 Å². The van der Waals surface area contributed by atoms with Crippen LogP contribution in [0.2, 0.25) is 0 Å². The van der Waals surface area contributed by atoms with Crippen LogP contribution in [0.4, 0.5) is 10.5 Å². The minimum atomic E-state index is -1.03. The standard InChI is InChI=1S/C22H21NO5S/c1-4-18(21(25)26)28-16-9-6-8-15(11-16)12-19-20(24)23(22(27)29-19)17-10-5-7-13(2)14(17)3/h5-12,18H,4H2,1-3H3,(H,25,26)/b19-12+. The number of nitrogens with zero attached hydrogens (tertiary/aromatic N) is 1. The largest absolute Gasteiger partial charge is 0.479 e. The van der Waals surface area contributed by atoms with E-state index in [1.807, 2.05) is 26.0 Å². The van der Waals surface area contributed by atoms with Gasteiger partial charge in [-0.3, -0.25) is 9.59 Å². The van der Waals surface area contributed by atoms with Gasteiger partial charge in [-0.05, 0) is 73.0 Å². The highest BCUT2D eigenvalue weighted by molar-refractivity contribution is 8.19. The molecule has 0 spiro atoms. The number of ether oxygens (including phenoxy) is 1. The Morgan fingerprint density at radius 3 is 2.62 bits per heavy atom. The second-order valence-corrected chi connectivity index (χ2v) is 7.65. The van der Waals surface area contributed by atoms with Crippen molar-refractivity contribution in [2.24, 2.45) is 0 Å².